The first-order valence-corrected chi connectivity index (χ1v) is 7.96. The molecule has 2 radical (unpaired) electrons. The van der Waals surface area contributed by atoms with Crippen molar-refractivity contribution in [2.24, 2.45) is 0 Å². The van der Waals surface area contributed by atoms with Crippen molar-refractivity contribution in [2.75, 3.05) is 36.5 Å². The molecule has 3 N–H and O–H groups in total. The normalized spacial score (nSPS) is 11.0. The molecule has 3 aromatic heterocycles. The van der Waals surface area contributed by atoms with E-state index in [9.17, 15) is 10.2 Å². The molecule has 0 amide bonds. The Morgan fingerprint density at radius 2 is 2.00 bits per heavy atom. The van der Waals surface area contributed by atoms with Gasteiger partial charge in [0.1, 0.15) is 19.5 Å². The van der Waals surface area contributed by atoms with Gasteiger partial charge in [0.25, 0.3) is 0 Å². The summed E-state index contributed by atoms with van der Waals surface area (Å²) in [6.45, 7) is 1.20. The molecule has 0 saturated carbocycles. The summed E-state index contributed by atoms with van der Waals surface area (Å²) in [7, 11) is 5.97. The van der Waals surface area contributed by atoms with Gasteiger partial charge < -0.3 is 20.4 Å². The Bertz CT molecular complexity index is 820. The zero-order valence-electron chi connectivity index (χ0n) is 13.7. The van der Waals surface area contributed by atoms with E-state index in [0.717, 1.165) is 5.56 Å². The van der Waals surface area contributed by atoms with E-state index in [4.69, 9.17) is 7.85 Å². The molecule has 0 bridgehead atoms. The van der Waals surface area contributed by atoms with Crippen LogP contribution in [-0.4, -0.2) is 63.9 Å². The minimum atomic E-state index is -0.0416. The Morgan fingerprint density at radius 1 is 1.20 bits per heavy atom. The van der Waals surface area contributed by atoms with Crippen molar-refractivity contribution in [3.63, 3.8) is 0 Å². The van der Waals surface area contributed by atoms with Gasteiger partial charge >= 0.3 is 0 Å². The fourth-order valence-corrected chi connectivity index (χ4v) is 2.53. The van der Waals surface area contributed by atoms with Crippen LogP contribution in [0.1, 0.15) is 5.56 Å². The fourth-order valence-electron chi connectivity index (χ4n) is 2.53. The van der Waals surface area contributed by atoms with Crippen LogP contribution in [0.4, 0.5) is 11.6 Å². The van der Waals surface area contributed by atoms with E-state index in [1.54, 1.807) is 28.0 Å². The molecule has 0 unspecified atom stereocenters. The molecule has 25 heavy (non-hydrogen) atoms. The molecule has 0 aliphatic heterocycles. The highest BCUT2D eigenvalue weighted by atomic mass is 16.3. The zero-order chi connectivity index (χ0) is 17.6. The number of aromatic nitrogens is 4. The molecular weight excluding hydrogens is 319 g/mol. The first-order valence-electron chi connectivity index (χ1n) is 7.96. The van der Waals surface area contributed by atoms with Crippen molar-refractivity contribution in [1.29, 1.82) is 0 Å². The van der Waals surface area contributed by atoms with Gasteiger partial charge in [-0.25, -0.2) is 4.98 Å². The number of anilines is 2. The van der Waals surface area contributed by atoms with Gasteiger partial charge in [-0.1, -0.05) is 6.07 Å². The van der Waals surface area contributed by atoms with Crippen LogP contribution < -0.4 is 15.7 Å². The average molecular weight is 338 g/mol. The predicted octanol–water partition coefficient (Wildman–Crippen LogP) is -0.679. The molecular formula is C16H19BN6O2. The second-order valence-electron chi connectivity index (χ2n) is 5.48. The number of nitrogens with zero attached hydrogens (tertiary/aromatic N) is 5. The maximum atomic E-state index is 9.26. The van der Waals surface area contributed by atoms with Crippen molar-refractivity contribution < 1.29 is 10.2 Å². The van der Waals surface area contributed by atoms with Crippen molar-refractivity contribution in [3.05, 3.63) is 42.4 Å². The lowest BCUT2D eigenvalue weighted by Crippen LogP contribution is -2.31. The molecule has 3 aromatic rings. The summed E-state index contributed by atoms with van der Waals surface area (Å²) in [6, 6.07) is 5.67. The summed E-state index contributed by atoms with van der Waals surface area (Å²) < 4.78 is 1.63. The van der Waals surface area contributed by atoms with Crippen LogP contribution in [0, 0.1) is 0 Å². The van der Waals surface area contributed by atoms with Gasteiger partial charge in [0.2, 0.25) is 0 Å². The molecule has 8 nitrogen and oxygen atoms in total. The molecule has 128 valence electrons. The Balaban J connectivity index is 1.95. The van der Waals surface area contributed by atoms with Crippen molar-refractivity contribution >= 4 is 30.6 Å². The first kappa shape index (κ1) is 17.2. The van der Waals surface area contributed by atoms with Gasteiger partial charge in [0, 0.05) is 44.3 Å². The Hall–Kier alpha value is -2.65. The molecule has 0 fully saturated rings. The van der Waals surface area contributed by atoms with Crippen LogP contribution in [-0.2, 0) is 6.54 Å². The van der Waals surface area contributed by atoms with E-state index >= 15 is 0 Å². The number of aliphatic hydroxyl groups excluding tert-OH is 2. The number of aliphatic hydroxyl groups is 2. The number of rotatable bonds is 8. The highest BCUT2D eigenvalue weighted by Crippen LogP contribution is 2.19. The third-order valence-corrected chi connectivity index (χ3v) is 3.75. The van der Waals surface area contributed by atoms with E-state index in [-0.39, 0.29) is 13.2 Å². The van der Waals surface area contributed by atoms with E-state index in [1.165, 1.54) is 0 Å². The second-order valence-corrected chi connectivity index (χ2v) is 5.48. The summed E-state index contributed by atoms with van der Waals surface area (Å²) in [4.78, 5) is 10.4. The molecule has 0 spiro atoms. The predicted molar refractivity (Wildman–Crippen MR) is 96.3 cm³/mol. The number of nitrogens with one attached hydrogen (secondary N) is 1. The Morgan fingerprint density at radius 3 is 2.68 bits per heavy atom. The molecule has 3 rings (SSSR count). The smallest absolute Gasteiger partial charge is 0.152 e. The number of hydrogen-bond acceptors (Lipinski definition) is 7. The fraction of sp³-hybridized carbons (Fsp3) is 0.312. The lowest BCUT2D eigenvalue weighted by molar-refractivity contribution is 0.280. The van der Waals surface area contributed by atoms with Crippen LogP contribution in [0.15, 0.2) is 36.8 Å². The van der Waals surface area contributed by atoms with Gasteiger partial charge in [-0.2, -0.15) is 9.61 Å². The van der Waals surface area contributed by atoms with Gasteiger partial charge in [-0.3, -0.25) is 4.98 Å². The largest absolute Gasteiger partial charge is 0.395 e. The first-order chi connectivity index (χ1) is 12.2. The Labute approximate surface area is 146 Å². The van der Waals surface area contributed by atoms with Crippen LogP contribution in [0.2, 0.25) is 0 Å². The lowest BCUT2D eigenvalue weighted by atomic mass is 10.0. The zero-order valence-corrected chi connectivity index (χ0v) is 13.7. The molecule has 0 saturated heterocycles. The summed E-state index contributed by atoms with van der Waals surface area (Å²) in [5.41, 5.74) is 2.00. The highest BCUT2D eigenvalue weighted by molar-refractivity contribution is 6.36. The highest BCUT2D eigenvalue weighted by Gasteiger charge is 2.13. The molecule has 0 aliphatic carbocycles. The lowest BCUT2D eigenvalue weighted by Gasteiger charge is -2.23. The van der Waals surface area contributed by atoms with Gasteiger partial charge in [0.05, 0.1) is 13.2 Å². The molecule has 0 atom stereocenters. The summed E-state index contributed by atoms with van der Waals surface area (Å²) >= 11 is 0. The summed E-state index contributed by atoms with van der Waals surface area (Å²) in [5, 5.41) is 26.1. The SMILES string of the molecule is [B]c1cnn2c(NCc3cccnc3)cc(N(CCO)CCO)nc12. The topological polar surface area (TPSA) is 98.8 Å². The average Bonchev–Trinajstić information content (AvgIpc) is 3.01. The second kappa shape index (κ2) is 7.95. The summed E-state index contributed by atoms with van der Waals surface area (Å²) in [6.07, 6.45) is 5.06. The number of hydrogen-bond donors (Lipinski definition) is 3. The van der Waals surface area contributed by atoms with Crippen LogP contribution in [0.5, 0.6) is 0 Å². The molecule has 9 heteroatoms. The molecule has 0 aromatic carbocycles. The Kier molecular flexibility index (Phi) is 5.47. The van der Waals surface area contributed by atoms with Gasteiger partial charge in [-0.15, -0.1) is 0 Å². The standard InChI is InChI=1S/C16H19BN6O2/c17-13-11-20-23-14(19-10-12-2-1-3-18-9-12)8-15(21-16(13)23)22(4-6-24)5-7-25/h1-3,8-9,11,19,24-25H,4-7,10H2. The maximum Gasteiger partial charge on any atom is 0.152 e. The van der Waals surface area contributed by atoms with Crippen LogP contribution >= 0.6 is 0 Å². The number of pyridine rings is 1. The van der Waals surface area contributed by atoms with E-state index in [1.807, 2.05) is 18.2 Å². The third kappa shape index (κ3) is 3.89. The minimum Gasteiger partial charge on any atom is -0.395 e. The van der Waals surface area contributed by atoms with Crippen molar-refractivity contribution in [2.45, 2.75) is 6.54 Å². The molecule has 0 aliphatic rings. The van der Waals surface area contributed by atoms with Crippen molar-refractivity contribution in [3.8, 4) is 0 Å². The van der Waals surface area contributed by atoms with E-state index in [0.29, 0.717) is 42.4 Å². The van der Waals surface area contributed by atoms with E-state index < -0.39 is 0 Å². The van der Waals surface area contributed by atoms with Crippen LogP contribution in [0.25, 0.3) is 5.65 Å². The molecule has 3 heterocycles. The quantitative estimate of drug-likeness (QED) is 0.468. The van der Waals surface area contributed by atoms with Crippen molar-refractivity contribution in [1.82, 2.24) is 19.6 Å². The van der Waals surface area contributed by atoms with Gasteiger partial charge in [0.15, 0.2) is 5.65 Å². The van der Waals surface area contributed by atoms with Crippen LogP contribution in [0.3, 0.4) is 0 Å². The minimum absolute atomic E-state index is 0.0416. The van der Waals surface area contributed by atoms with E-state index in [2.05, 4.69) is 20.4 Å². The maximum absolute atomic E-state index is 9.26. The summed E-state index contributed by atoms with van der Waals surface area (Å²) in [5.74, 6) is 1.32. The number of fused-ring (bicyclic) bond motifs is 1. The monoisotopic (exact) mass is 338 g/mol. The third-order valence-electron chi connectivity index (χ3n) is 3.75. The van der Waals surface area contributed by atoms with Gasteiger partial charge in [-0.05, 0) is 17.1 Å².